The molecule has 0 spiro atoms. The maximum absolute atomic E-state index is 10.3. The molecule has 0 radical (unpaired) electrons. The van der Waals surface area contributed by atoms with E-state index in [2.05, 4.69) is 21.1 Å². The number of quaternary nitrogens is 1. The average Bonchev–Trinajstić information content (AvgIpc) is 2.08. The first-order chi connectivity index (χ1) is 6.86. The van der Waals surface area contributed by atoms with Crippen LogP contribution < -0.4 is 21.5 Å². The monoisotopic (exact) mass is 211 g/mol. The molecule has 0 aromatic heterocycles. The number of nitrogens with one attached hydrogen (secondary N) is 1. The molecule has 1 aromatic rings. The molecule has 0 saturated carbocycles. The normalized spacial score (nSPS) is 9.33. The van der Waals surface area contributed by atoms with Crippen molar-refractivity contribution in [1.82, 2.24) is 0 Å². The number of hydrogen-bond donors (Lipinski definition) is 3. The number of nitrogen functional groups attached to an aromatic ring is 2. The molecule has 5 nitrogen and oxygen atoms in total. The van der Waals surface area contributed by atoms with Crippen molar-refractivity contribution in [2.75, 3.05) is 32.6 Å². The third-order valence-corrected chi connectivity index (χ3v) is 1.36. The van der Waals surface area contributed by atoms with E-state index in [0.717, 1.165) is 0 Å². The fraction of sp³-hybridized carbons (Fsp3) is 0.300. The minimum Gasteiger partial charge on any atom is -0.545 e. The predicted molar refractivity (Wildman–Crippen MR) is 58.3 cm³/mol. The highest BCUT2D eigenvalue weighted by Crippen LogP contribution is 2.17. The Labute approximate surface area is 89.3 Å². The Bertz CT molecular complexity index is 335. The lowest BCUT2D eigenvalue weighted by Crippen LogP contribution is -3.02. The van der Waals surface area contributed by atoms with E-state index in [1.165, 1.54) is 23.1 Å². The molecular formula is C10H17N3O2. The fourth-order valence-electron chi connectivity index (χ4n) is 0.761. The van der Waals surface area contributed by atoms with E-state index in [-0.39, 0.29) is 16.9 Å². The van der Waals surface area contributed by atoms with E-state index in [0.29, 0.717) is 0 Å². The number of anilines is 2. The molecule has 0 amide bonds. The summed E-state index contributed by atoms with van der Waals surface area (Å²) in [6, 6.07) is 4.39. The Morgan fingerprint density at radius 1 is 1.27 bits per heavy atom. The topological polar surface area (TPSA) is 96.6 Å². The second-order valence-electron chi connectivity index (χ2n) is 3.60. The third kappa shape index (κ3) is 4.87. The van der Waals surface area contributed by atoms with Crippen LogP contribution in [-0.4, -0.2) is 27.1 Å². The van der Waals surface area contributed by atoms with Crippen molar-refractivity contribution in [3.05, 3.63) is 23.8 Å². The molecule has 0 heterocycles. The summed E-state index contributed by atoms with van der Waals surface area (Å²) in [7, 11) is 6.25. The number of aromatic carboxylic acids is 1. The first kappa shape index (κ1) is 13.2. The molecular weight excluding hydrogens is 194 g/mol. The van der Waals surface area contributed by atoms with E-state index in [4.69, 9.17) is 11.5 Å². The zero-order chi connectivity index (χ0) is 12.0. The van der Waals surface area contributed by atoms with Gasteiger partial charge in [-0.3, -0.25) is 0 Å². The number of nitrogens with two attached hydrogens (primary N) is 2. The summed E-state index contributed by atoms with van der Waals surface area (Å²) >= 11 is 0. The van der Waals surface area contributed by atoms with Crippen LogP contribution in [0.25, 0.3) is 0 Å². The van der Waals surface area contributed by atoms with Gasteiger partial charge >= 0.3 is 0 Å². The Balaban J connectivity index is 0.000000423. The highest BCUT2D eigenvalue weighted by molar-refractivity contribution is 5.95. The van der Waals surface area contributed by atoms with Crippen LogP contribution in [0.4, 0.5) is 11.4 Å². The van der Waals surface area contributed by atoms with Crippen LogP contribution >= 0.6 is 0 Å². The van der Waals surface area contributed by atoms with Crippen LogP contribution in [-0.2, 0) is 0 Å². The minimum atomic E-state index is -1.31. The van der Waals surface area contributed by atoms with Crippen LogP contribution in [0.2, 0.25) is 0 Å². The summed E-state index contributed by atoms with van der Waals surface area (Å²) < 4.78 is 0. The summed E-state index contributed by atoms with van der Waals surface area (Å²) in [5.74, 6) is -1.31. The molecule has 0 aliphatic heterocycles. The highest BCUT2D eigenvalue weighted by atomic mass is 16.4. The van der Waals surface area contributed by atoms with Crippen molar-refractivity contribution in [1.29, 1.82) is 0 Å². The number of carboxylic acid groups (broad SMARTS) is 1. The van der Waals surface area contributed by atoms with Gasteiger partial charge in [-0.2, -0.15) is 0 Å². The number of carbonyl (C=O) groups excluding carboxylic acids is 1. The minimum absolute atomic E-state index is 0.0625. The lowest BCUT2D eigenvalue weighted by molar-refractivity contribution is -0.836. The summed E-state index contributed by atoms with van der Waals surface area (Å²) in [6.07, 6.45) is 0. The van der Waals surface area contributed by atoms with Gasteiger partial charge in [0.25, 0.3) is 0 Å². The van der Waals surface area contributed by atoms with Crippen LogP contribution in [0.15, 0.2) is 18.2 Å². The molecule has 84 valence electrons. The molecule has 0 aliphatic rings. The second kappa shape index (κ2) is 5.87. The van der Waals surface area contributed by atoms with Crippen LogP contribution in [0.5, 0.6) is 0 Å². The first-order valence-corrected chi connectivity index (χ1v) is 4.48. The smallest absolute Gasteiger partial charge is 0.0736 e. The van der Waals surface area contributed by atoms with Gasteiger partial charge in [-0.15, -0.1) is 0 Å². The number of carboxylic acids is 1. The largest absolute Gasteiger partial charge is 0.545 e. The molecule has 0 fully saturated rings. The van der Waals surface area contributed by atoms with Gasteiger partial charge in [-0.25, -0.2) is 0 Å². The standard InChI is InChI=1S/C7H8N2O2.C3H9N/c8-5-3-1-2-4(6(5)9)7(10)11;1-4(2)3/h1-3H,8-9H2,(H,10,11);1-3H3. The summed E-state index contributed by atoms with van der Waals surface area (Å²) in [5, 5.41) is 10.3. The number of para-hydroxylation sites is 1. The van der Waals surface area contributed by atoms with E-state index in [1.807, 2.05) is 0 Å². The highest BCUT2D eigenvalue weighted by Gasteiger charge is 2.00. The first-order valence-electron chi connectivity index (χ1n) is 4.48. The van der Waals surface area contributed by atoms with Crippen LogP contribution in [0.1, 0.15) is 10.4 Å². The molecule has 5 heteroatoms. The number of rotatable bonds is 1. The third-order valence-electron chi connectivity index (χ3n) is 1.36. The predicted octanol–water partition coefficient (Wildman–Crippen LogP) is -2.02. The van der Waals surface area contributed by atoms with Gasteiger partial charge in [-0.1, -0.05) is 12.1 Å². The van der Waals surface area contributed by atoms with Crippen LogP contribution in [0, 0.1) is 0 Å². The van der Waals surface area contributed by atoms with Gasteiger partial charge in [0.05, 0.1) is 38.5 Å². The van der Waals surface area contributed by atoms with Gasteiger partial charge in [0.15, 0.2) is 0 Å². The Morgan fingerprint density at radius 3 is 2.07 bits per heavy atom. The molecule has 1 aromatic carbocycles. The lowest BCUT2D eigenvalue weighted by Gasteiger charge is -2.07. The molecule has 5 N–H and O–H groups in total. The zero-order valence-corrected chi connectivity index (χ0v) is 9.20. The van der Waals surface area contributed by atoms with Gasteiger partial charge in [-0.05, 0) is 6.07 Å². The van der Waals surface area contributed by atoms with Gasteiger partial charge in [0, 0.05) is 5.56 Å². The molecule has 0 bridgehead atoms. The van der Waals surface area contributed by atoms with Crippen molar-refractivity contribution in [3.63, 3.8) is 0 Å². The summed E-state index contributed by atoms with van der Waals surface area (Å²) in [5.41, 5.74) is 10.9. The maximum atomic E-state index is 10.3. The quantitative estimate of drug-likeness (QED) is 0.467. The number of benzene rings is 1. The van der Waals surface area contributed by atoms with Crippen molar-refractivity contribution >= 4 is 17.3 Å². The van der Waals surface area contributed by atoms with Crippen molar-refractivity contribution in [2.45, 2.75) is 0 Å². The molecule has 0 unspecified atom stereocenters. The zero-order valence-electron chi connectivity index (χ0n) is 9.20. The maximum Gasteiger partial charge on any atom is 0.0736 e. The van der Waals surface area contributed by atoms with Gasteiger partial charge in [0.1, 0.15) is 0 Å². The molecule has 0 aliphatic carbocycles. The van der Waals surface area contributed by atoms with Crippen molar-refractivity contribution in [2.24, 2.45) is 0 Å². The molecule has 15 heavy (non-hydrogen) atoms. The summed E-state index contributed by atoms with van der Waals surface area (Å²) in [6.45, 7) is 0. The summed E-state index contributed by atoms with van der Waals surface area (Å²) in [4.78, 5) is 11.7. The molecule has 0 saturated heterocycles. The SMILES string of the molecule is C[NH+](C)C.Nc1cccc(C(=O)[O-])c1N. The fourth-order valence-corrected chi connectivity index (χ4v) is 0.761. The number of hydrogen-bond acceptors (Lipinski definition) is 4. The van der Waals surface area contributed by atoms with Crippen molar-refractivity contribution < 1.29 is 14.8 Å². The van der Waals surface area contributed by atoms with E-state index in [9.17, 15) is 9.90 Å². The second-order valence-corrected chi connectivity index (χ2v) is 3.60. The van der Waals surface area contributed by atoms with Gasteiger partial charge in [0.2, 0.25) is 0 Å². The Morgan fingerprint density at radius 2 is 1.73 bits per heavy atom. The Kier molecular flexibility index (Phi) is 5.19. The molecule has 1 rings (SSSR count). The Hall–Kier alpha value is -1.75. The van der Waals surface area contributed by atoms with Gasteiger partial charge < -0.3 is 26.3 Å². The van der Waals surface area contributed by atoms with Crippen LogP contribution in [0.3, 0.4) is 0 Å². The van der Waals surface area contributed by atoms with E-state index < -0.39 is 5.97 Å². The average molecular weight is 211 g/mol. The van der Waals surface area contributed by atoms with Crippen molar-refractivity contribution in [3.8, 4) is 0 Å². The lowest BCUT2D eigenvalue weighted by atomic mass is 10.1. The van der Waals surface area contributed by atoms with E-state index >= 15 is 0 Å². The molecule has 0 atom stereocenters. The number of carbonyl (C=O) groups is 1. The van der Waals surface area contributed by atoms with E-state index in [1.54, 1.807) is 0 Å².